The second-order valence-electron chi connectivity index (χ2n) is 19.6. The van der Waals surface area contributed by atoms with Crippen LogP contribution in [0.1, 0.15) is 79.3 Å². The van der Waals surface area contributed by atoms with Gasteiger partial charge >= 0.3 is 12.1 Å². The minimum absolute atomic E-state index is 0.0377. The zero-order chi connectivity index (χ0) is 49.2. The number of morpholine rings is 1. The minimum Gasteiger partial charge on any atom is -0.496 e. The molecule has 1 N–H and O–H groups in total. The largest absolute Gasteiger partial charge is 0.496 e. The lowest BCUT2D eigenvalue weighted by Gasteiger charge is -2.35. The number of piperidine rings is 1. The van der Waals surface area contributed by atoms with E-state index in [1.807, 2.05) is 6.07 Å². The number of para-hydroxylation sites is 1. The molecule has 366 valence electrons. The third kappa shape index (κ3) is 9.31. The number of hydrogen-bond donors (Lipinski definition) is 1. The Morgan fingerprint density at radius 2 is 1.58 bits per heavy atom. The second-order valence-corrected chi connectivity index (χ2v) is 19.6. The summed E-state index contributed by atoms with van der Waals surface area (Å²) in [6, 6.07) is 32.1. The van der Waals surface area contributed by atoms with Crippen LogP contribution in [0, 0.1) is 5.92 Å². The van der Waals surface area contributed by atoms with Gasteiger partial charge in [0.15, 0.2) is 0 Å². The summed E-state index contributed by atoms with van der Waals surface area (Å²) < 4.78 is 36.4. The Hall–Kier alpha value is -7.24. The summed E-state index contributed by atoms with van der Waals surface area (Å²) in [4.78, 5) is 29.3. The molecule has 2 unspecified atom stereocenters. The number of amides is 1. The molecular weight excluding hydrogens is 891 g/mol. The number of nitrogens with zero attached hydrogens (tertiary/aromatic N) is 2. The van der Waals surface area contributed by atoms with Crippen molar-refractivity contribution in [2.24, 2.45) is 5.92 Å². The first-order valence-electron chi connectivity index (χ1n) is 24.9. The number of hydrogen-bond acceptors (Lipinski definition) is 10. The maximum atomic E-state index is 12.7. The molecule has 5 aromatic rings. The van der Waals surface area contributed by atoms with Gasteiger partial charge in [0.05, 0.1) is 46.3 Å². The summed E-state index contributed by atoms with van der Waals surface area (Å²) >= 11 is 0. The van der Waals surface area contributed by atoms with Crippen molar-refractivity contribution >= 4 is 57.2 Å². The van der Waals surface area contributed by atoms with Crippen LogP contribution in [0.2, 0.25) is 0 Å². The van der Waals surface area contributed by atoms with E-state index in [1.54, 1.807) is 21.1 Å². The van der Waals surface area contributed by atoms with Crippen LogP contribution in [0.4, 0.5) is 16.2 Å². The number of allylic oxidation sites excluding steroid dienone is 6. The van der Waals surface area contributed by atoms with E-state index in [2.05, 4.69) is 145 Å². The molecule has 2 atom stereocenters. The fourth-order valence-corrected chi connectivity index (χ4v) is 11.2. The molecule has 5 aliphatic rings. The van der Waals surface area contributed by atoms with E-state index in [-0.39, 0.29) is 37.0 Å². The van der Waals surface area contributed by atoms with Gasteiger partial charge in [-0.05, 0) is 102 Å². The predicted molar refractivity (Wildman–Crippen MR) is 282 cm³/mol. The number of rotatable bonds is 13. The number of benzene rings is 5. The average Bonchev–Trinajstić information content (AvgIpc) is 3.50. The highest BCUT2D eigenvalue weighted by molar-refractivity contribution is 6.11. The van der Waals surface area contributed by atoms with Crippen molar-refractivity contribution in [3.05, 3.63) is 160 Å². The molecule has 3 heterocycles. The lowest BCUT2D eigenvalue weighted by molar-refractivity contribution is -0.138. The Labute approximate surface area is 417 Å². The molecule has 10 rings (SSSR count). The molecule has 2 saturated heterocycles. The van der Waals surface area contributed by atoms with Crippen LogP contribution in [0.3, 0.4) is 0 Å². The molecule has 0 saturated carbocycles. The molecule has 11 heteroatoms. The summed E-state index contributed by atoms with van der Waals surface area (Å²) in [7, 11) is 3.49. The highest BCUT2D eigenvalue weighted by Crippen LogP contribution is 2.59. The van der Waals surface area contributed by atoms with Crippen molar-refractivity contribution in [3.8, 4) is 17.2 Å². The van der Waals surface area contributed by atoms with Crippen LogP contribution in [-0.4, -0.2) is 85.4 Å². The Bertz CT molecular complexity index is 3000. The maximum Gasteiger partial charge on any atom is 0.407 e. The van der Waals surface area contributed by atoms with Gasteiger partial charge in [-0.25, -0.2) is 9.59 Å². The third-order valence-electron chi connectivity index (χ3n) is 14.7. The van der Waals surface area contributed by atoms with Gasteiger partial charge in [0.1, 0.15) is 29.6 Å². The average molecular weight is 954 g/mol. The van der Waals surface area contributed by atoms with Gasteiger partial charge in [-0.2, -0.15) is 0 Å². The number of methoxy groups -OCH3 is 2. The molecule has 0 aromatic heterocycles. The summed E-state index contributed by atoms with van der Waals surface area (Å²) in [5, 5.41) is 4.76. The zero-order valence-corrected chi connectivity index (χ0v) is 41.5. The maximum absolute atomic E-state index is 12.7. The molecular formula is C60H63N3O8. The van der Waals surface area contributed by atoms with Crippen LogP contribution in [0.5, 0.6) is 17.2 Å². The summed E-state index contributed by atoms with van der Waals surface area (Å²) in [6.45, 7) is 15.0. The topological polar surface area (TPSA) is 108 Å². The molecule has 2 fully saturated rings. The normalized spacial score (nSPS) is 19.1. The molecule has 11 nitrogen and oxygen atoms in total. The highest BCUT2D eigenvalue weighted by Gasteiger charge is 2.44. The van der Waals surface area contributed by atoms with Crippen molar-refractivity contribution in [1.29, 1.82) is 0 Å². The molecule has 71 heavy (non-hydrogen) atoms. The third-order valence-corrected chi connectivity index (χ3v) is 14.7. The van der Waals surface area contributed by atoms with Crippen LogP contribution < -0.4 is 29.3 Å². The number of nitrogens with one attached hydrogen (secondary N) is 1. The number of anilines is 2. The quantitative estimate of drug-likeness (QED) is 0.0696. The molecule has 2 aliphatic carbocycles. The molecule has 3 aliphatic heterocycles. The van der Waals surface area contributed by atoms with E-state index in [1.165, 1.54) is 27.8 Å². The van der Waals surface area contributed by atoms with Gasteiger partial charge in [-0.3, -0.25) is 0 Å². The Balaban J connectivity index is 1.06. The Morgan fingerprint density at radius 3 is 2.34 bits per heavy atom. The summed E-state index contributed by atoms with van der Waals surface area (Å²) in [5.74, 6) is 2.94. The van der Waals surface area contributed by atoms with Crippen LogP contribution >= 0.6 is 0 Å². The number of alkyl carbamates (subject to hydrolysis) is 1. The van der Waals surface area contributed by atoms with E-state index in [0.29, 0.717) is 25.3 Å². The Kier molecular flexibility index (Phi) is 13.5. The smallest absolute Gasteiger partial charge is 0.407 e. The number of carbonyl (C=O) groups is 2. The van der Waals surface area contributed by atoms with E-state index >= 15 is 0 Å². The van der Waals surface area contributed by atoms with Gasteiger partial charge in [0.2, 0.25) is 0 Å². The van der Waals surface area contributed by atoms with Crippen LogP contribution in [0.25, 0.3) is 33.8 Å². The first-order valence-corrected chi connectivity index (χ1v) is 24.9. The molecule has 0 radical (unpaired) electrons. The lowest BCUT2D eigenvalue weighted by atomic mass is 9.73. The molecule has 0 bridgehead atoms. The standard InChI is InChI=1S/C60H63N3O8/c1-38(2)58(64)69-30-26-61-59(65)70-37-39-13-12-27-63(36-39)51-34-48-49(35-53(51)67-6)57-47(55-54(48)46-23-20-42(33-50(46)60(55,3)4)44-16-10-11-17-52(44)66-5)25-24-45(40-14-8-7-9-15-40)56(71-57)41-18-21-43(22-19-41)62-28-31-68-32-29-62/h7-11,14-25,34-35,39,42H,1,12-13,26-33,36-37H2,2-6H3,(H,61,65). The van der Waals surface area contributed by atoms with Gasteiger partial charge in [0, 0.05) is 82.3 Å². The second kappa shape index (κ2) is 20.2. The first-order chi connectivity index (χ1) is 34.5. The molecule has 1 amide bonds. The number of carbonyl (C=O) groups excluding carboxylic acids is 2. The van der Waals surface area contributed by atoms with Crippen molar-refractivity contribution in [2.75, 3.05) is 83.2 Å². The zero-order valence-electron chi connectivity index (χ0n) is 41.5. The fourth-order valence-electron chi connectivity index (χ4n) is 11.2. The SMILES string of the molecule is C=C(C)C(=O)OCCNC(=O)OCC1CCCN(c2cc3c4c(c5c(c3cc2OC)OC(c2ccc(N3CCOCC3)cc2)=C(c2ccccc2)C=C5)C(C)(C)C2=C4C=CC(c3ccccc3OC)C2)C1. The van der Waals surface area contributed by atoms with E-state index < -0.39 is 12.1 Å². The molecule has 0 spiro atoms. The van der Waals surface area contributed by atoms with Crippen molar-refractivity contribution < 1.29 is 38.0 Å². The van der Waals surface area contributed by atoms with Crippen molar-refractivity contribution in [3.63, 3.8) is 0 Å². The predicted octanol–water partition coefficient (Wildman–Crippen LogP) is 11.5. The van der Waals surface area contributed by atoms with E-state index in [9.17, 15) is 9.59 Å². The minimum atomic E-state index is -0.542. The van der Waals surface area contributed by atoms with Gasteiger partial charge < -0.3 is 43.5 Å². The van der Waals surface area contributed by atoms with Crippen molar-refractivity contribution in [1.82, 2.24) is 5.32 Å². The Morgan fingerprint density at radius 1 is 0.817 bits per heavy atom. The van der Waals surface area contributed by atoms with E-state index in [4.69, 9.17) is 28.4 Å². The summed E-state index contributed by atoms with van der Waals surface area (Å²) in [5.41, 5.74) is 12.4. The van der Waals surface area contributed by atoms with Crippen LogP contribution in [-0.2, 0) is 24.4 Å². The fraction of sp³-hybridized carbons (Fsp3) is 0.333. The number of fused-ring (bicyclic) bond motifs is 7. The van der Waals surface area contributed by atoms with Crippen LogP contribution in [0.15, 0.2) is 127 Å². The van der Waals surface area contributed by atoms with Gasteiger partial charge in [-0.1, -0.05) is 92.8 Å². The number of esters is 1. The number of ether oxygens (including phenoxy) is 6. The van der Waals surface area contributed by atoms with E-state index in [0.717, 1.165) is 106 Å². The van der Waals surface area contributed by atoms with Gasteiger partial charge in [-0.15, -0.1) is 0 Å². The highest BCUT2D eigenvalue weighted by atomic mass is 16.6. The lowest BCUT2D eigenvalue weighted by Crippen LogP contribution is -2.38. The summed E-state index contributed by atoms with van der Waals surface area (Å²) in [6.07, 6.45) is 11.4. The monoisotopic (exact) mass is 953 g/mol. The first kappa shape index (κ1) is 47.4. The van der Waals surface area contributed by atoms with Crippen molar-refractivity contribution in [2.45, 2.75) is 51.4 Å². The molecule has 5 aromatic carbocycles. The van der Waals surface area contributed by atoms with Gasteiger partial charge in [0.25, 0.3) is 0 Å².